The van der Waals surface area contributed by atoms with Crippen molar-refractivity contribution in [2.45, 2.75) is 25.8 Å². The van der Waals surface area contributed by atoms with Crippen LogP contribution in [0.4, 0.5) is 13.2 Å². The number of nitrogens with one attached hydrogen (secondary N) is 2. The standard InChI is InChI=1S/C21H24F3N4O4P/c1-4-31-33(30,32-5-2)20(14-9-8-10-15(13-14)21(22,23)24)26-25-19(29)18-16-11-6-7-12-17(16)28(3)27-18/h6-13,20,26H,4-5H2,1-3H3,(H,25,29). The fourth-order valence-electron chi connectivity index (χ4n) is 3.35. The van der Waals surface area contributed by atoms with Gasteiger partial charge in [-0.1, -0.05) is 30.3 Å². The van der Waals surface area contributed by atoms with Crippen molar-refractivity contribution in [2.24, 2.45) is 7.05 Å². The van der Waals surface area contributed by atoms with Crippen LogP contribution in [0.5, 0.6) is 0 Å². The van der Waals surface area contributed by atoms with E-state index in [1.807, 2.05) is 0 Å². The summed E-state index contributed by atoms with van der Waals surface area (Å²) in [4.78, 5) is 12.9. The number of aromatic nitrogens is 2. The van der Waals surface area contributed by atoms with Crippen LogP contribution in [-0.2, 0) is 26.8 Å². The minimum Gasteiger partial charge on any atom is -0.307 e. The van der Waals surface area contributed by atoms with E-state index in [-0.39, 0.29) is 24.5 Å². The molecule has 0 saturated heterocycles. The van der Waals surface area contributed by atoms with Gasteiger partial charge in [-0.25, -0.2) is 5.43 Å². The van der Waals surface area contributed by atoms with E-state index in [0.29, 0.717) is 10.9 Å². The lowest BCUT2D eigenvalue weighted by molar-refractivity contribution is -0.137. The number of para-hydroxylation sites is 1. The molecule has 0 aliphatic carbocycles. The lowest BCUT2D eigenvalue weighted by Crippen LogP contribution is -2.40. The van der Waals surface area contributed by atoms with Gasteiger partial charge in [0.2, 0.25) is 0 Å². The van der Waals surface area contributed by atoms with Crippen LogP contribution >= 0.6 is 7.60 Å². The van der Waals surface area contributed by atoms with Crippen LogP contribution in [-0.4, -0.2) is 28.9 Å². The number of amides is 1. The first-order valence-electron chi connectivity index (χ1n) is 10.1. The van der Waals surface area contributed by atoms with Crippen molar-refractivity contribution in [3.05, 3.63) is 65.4 Å². The number of hydrazine groups is 1. The number of hydrogen-bond acceptors (Lipinski definition) is 6. The van der Waals surface area contributed by atoms with Gasteiger partial charge in [-0.3, -0.25) is 19.5 Å². The van der Waals surface area contributed by atoms with Gasteiger partial charge in [0, 0.05) is 12.4 Å². The highest BCUT2D eigenvalue weighted by atomic mass is 31.2. The summed E-state index contributed by atoms with van der Waals surface area (Å²) in [6, 6.07) is 11.3. The Labute approximate surface area is 188 Å². The molecule has 0 aliphatic rings. The molecule has 0 bridgehead atoms. The van der Waals surface area contributed by atoms with E-state index in [1.165, 1.54) is 16.8 Å². The molecule has 8 nitrogen and oxygen atoms in total. The van der Waals surface area contributed by atoms with E-state index in [9.17, 15) is 22.5 Å². The van der Waals surface area contributed by atoms with Crippen molar-refractivity contribution in [2.75, 3.05) is 13.2 Å². The van der Waals surface area contributed by atoms with Gasteiger partial charge in [0.15, 0.2) is 11.5 Å². The van der Waals surface area contributed by atoms with Crippen LogP contribution in [0.1, 0.15) is 41.2 Å². The smallest absolute Gasteiger partial charge is 0.307 e. The Morgan fingerprint density at radius 2 is 1.79 bits per heavy atom. The molecule has 0 spiro atoms. The fourth-order valence-corrected chi connectivity index (χ4v) is 5.19. The zero-order valence-corrected chi connectivity index (χ0v) is 19.1. The summed E-state index contributed by atoms with van der Waals surface area (Å²) < 4.78 is 65.5. The maximum atomic E-state index is 13.5. The molecule has 1 unspecified atom stereocenters. The largest absolute Gasteiger partial charge is 0.416 e. The van der Waals surface area contributed by atoms with Gasteiger partial charge in [0.1, 0.15) is 0 Å². The molecule has 0 radical (unpaired) electrons. The van der Waals surface area contributed by atoms with Crippen molar-refractivity contribution < 1.29 is 31.6 Å². The highest BCUT2D eigenvalue weighted by molar-refractivity contribution is 7.54. The molecule has 0 saturated carbocycles. The summed E-state index contributed by atoms with van der Waals surface area (Å²) in [7, 11) is -2.36. The summed E-state index contributed by atoms with van der Waals surface area (Å²) in [5, 5.41) is 4.78. The first-order valence-corrected chi connectivity index (χ1v) is 11.8. The maximum absolute atomic E-state index is 13.5. The number of rotatable bonds is 9. The molecule has 2 N–H and O–H groups in total. The van der Waals surface area contributed by atoms with Crippen molar-refractivity contribution in [3.63, 3.8) is 0 Å². The molecular formula is C21H24F3N4O4P. The summed E-state index contributed by atoms with van der Waals surface area (Å²) >= 11 is 0. The number of benzene rings is 2. The van der Waals surface area contributed by atoms with Crippen LogP contribution in [0.2, 0.25) is 0 Å². The lowest BCUT2D eigenvalue weighted by Gasteiger charge is -2.28. The molecule has 3 aromatic rings. The van der Waals surface area contributed by atoms with Crippen LogP contribution in [0.15, 0.2) is 48.5 Å². The number of hydrogen-bond donors (Lipinski definition) is 2. The topological polar surface area (TPSA) is 94.5 Å². The summed E-state index contributed by atoms with van der Waals surface area (Å²) in [6.45, 7) is 3.11. The van der Waals surface area contributed by atoms with E-state index in [2.05, 4.69) is 16.0 Å². The van der Waals surface area contributed by atoms with E-state index in [4.69, 9.17) is 9.05 Å². The van der Waals surface area contributed by atoms with Gasteiger partial charge < -0.3 is 9.05 Å². The van der Waals surface area contributed by atoms with Crippen LogP contribution in [0, 0.1) is 0 Å². The minimum atomic E-state index is -4.61. The maximum Gasteiger partial charge on any atom is 0.416 e. The molecule has 1 aromatic heterocycles. The highest BCUT2D eigenvalue weighted by Crippen LogP contribution is 2.59. The van der Waals surface area contributed by atoms with Crippen LogP contribution in [0.3, 0.4) is 0 Å². The quantitative estimate of drug-likeness (QED) is 0.335. The van der Waals surface area contributed by atoms with E-state index in [1.54, 1.807) is 45.2 Å². The fraction of sp³-hybridized carbons (Fsp3) is 0.333. The normalized spacial score (nSPS) is 13.3. The predicted octanol–water partition coefficient (Wildman–Crippen LogP) is 4.79. The Hall–Kier alpha value is -2.72. The van der Waals surface area contributed by atoms with E-state index in [0.717, 1.165) is 12.1 Å². The van der Waals surface area contributed by atoms with E-state index < -0.39 is 31.0 Å². The molecular weight excluding hydrogens is 460 g/mol. The van der Waals surface area contributed by atoms with Gasteiger partial charge in [0.05, 0.1) is 24.3 Å². The zero-order chi connectivity index (χ0) is 24.2. The average molecular weight is 484 g/mol. The molecule has 2 aromatic carbocycles. The summed E-state index contributed by atoms with van der Waals surface area (Å²) in [5.74, 6) is -2.07. The van der Waals surface area contributed by atoms with E-state index >= 15 is 0 Å². The number of fused-ring (bicyclic) bond motifs is 1. The number of alkyl halides is 3. The molecule has 1 heterocycles. The second-order valence-corrected chi connectivity index (χ2v) is 9.10. The predicted molar refractivity (Wildman–Crippen MR) is 116 cm³/mol. The van der Waals surface area contributed by atoms with Crippen molar-refractivity contribution in [3.8, 4) is 0 Å². The van der Waals surface area contributed by atoms with Crippen LogP contribution in [0.25, 0.3) is 10.9 Å². The first-order chi connectivity index (χ1) is 15.6. The van der Waals surface area contributed by atoms with Gasteiger partial charge in [-0.15, -0.1) is 0 Å². The lowest BCUT2D eigenvalue weighted by atomic mass is 10.1. The van der Waals surface area contributed by atoms with Crippen molar-refractivity contribution in [1.29, 1.82) is 0 Å². The number of aryl methyl sites for hydroxylation is 1. The third kappa shape index (κ3) is 5.44. The highest BCUT2D eigenvalue weighted by Gasteiger charge is 2.39. The zero-order valence-electron chi connectivity index (χ0n) is 18.2. The minimum absolute atomic E-state index is 0.0206. The number of nitrogens with zero attached hydrogens (tertiary/aromatic N) is 2. The Morgan fingerprint density at radius 1 is 1.12 bits per heavy atom. The third-order valence-corrected chi connectivity index (χ3v) is 7.06. The molecule has 1 amide bonds. The van der Waals surface area contributed by atoms with Gasteiger partial charge >= 0.3 is 13.8 Å². The Balaban J connectivity index is 1.96. The SMILES string of the molecule is CCOP(=O)(OCC)C(NNC(=O)c1nn(C)c2ccccc12)c1cccc(C(F)(F)F)c1. The molecule has 0 aliphatic heterocycles. The molecule has 1 atom stereocenters. The average Bonchev–Trinajstić information content (AvgIpc) is 3.10. The molecule has 12 heteroatoms. The first kappa shape index (κ1) is 24.9. The summed E-state index contributed by atoms with van der Waals surface area (Å²) in [6.07, 6.45) is -4.61. The number of halogens is 3. The molecule has 178 valence electrons. The second-order valence-electron chi connectivity index (χ2n) is 6.99. The number of carbonyl (C=O) groups excluding carboxylic acids is 1. The number of carbonyl (C=O) groups is 1. The molecule has 33 heavy (non-hydrogen) atoms. The Bertz CT molecular complexity index is 1170. The Kier molecular flexibility index (Phi) is 7.58. The monoisotopic (exact) mass is 484 g/mol. The summed E-state index contributed by atoms with van der Waals surface area (Å²) in [5.41, 5.74) is 4.81. The van der Waals surface area contributed by atoms with Gasteiger partial charge in [0.25, 0.3) is 5.91 Å². The third-order valence-electron chi connectivity index (χ3n) is 4.76. The van der Waals surface area contributed by atoms with Gasteiger partial charge in [-0.2, -0.15) is 18.3 Å². The molecule has 0 fully saturated rings. The van der Waals surface area contributed by atoms with Crippen molar-refractivity contribution >= 4 is 24.4 Å². The van der Waals surface area contributed by atoms with Crippen molar-refractivity contribution in [1.82, 2.24) is 20.6 Å². The second kappa shape index (κ2) is 10.0. The molecule has 3 rings (SSSR count). The van der Waals surface area contributed by atoms with Crippen LogP contribution < -0.4 is 10.9 Å². The van der Waals surface area contributed by atoms with Gasteiger partial charge in [-0.05, 0) is 37.6 Å². The Morgan fingerprint density at radius 3 is 2.42 bits per heavy atom.